The smallest absolute Gasteiger partial charge is 0.229 e. The Morgan fingerprint density at radius 2 is 2.08 bits per heavy atom. The topological polar surface area (TPSA) is 54.9 Å². The zero-order valence-electron chi connectivity index (χ0n) is 13.9. The molecule has 0 spiro atoms. The van der Waals surface area contributed by atoms with E-state index in [1.165, 1.54) is 5.56 Å². The van der Waals surface area contributed by atoms with Crippen molar-refractivity contribution >= 4 is 32.6 Å². The van der Waals surface area contributed by atoms with Gasteiger partial charge in [-0.25, -0.2) is 4.98 Å². The van der Waals surface area contributed by atoms with Crippen LogP contribution in [0.2, 0.25) is 0 Å². The van der Waals surface area contributed by atoms with Gasteiger partial charge in [0.2, 0.25) is 5.91 Å². The van der Waals surface area contributed by atoms with Gasteiger partial charge in [0.1, 0.15) is 11.3 Å². The Kier molecular flexibility index (Phi) is 4.05. The van der Waals surface area contributed by atoms with Crippen molar-refractivity contribution < 1.29 is 14.3 Å². The maximum absolute atomic E-state index is 12.5. The van der Waals surface area contributed by atoms with Crippen LogP contribution in [0.25, 0.3) is 10.2 Å². The number of thiazole rings is 1. The van der Waals surface area contributed by atoms with Crippen LogP contribution < -0.4 is 9.64 Å². The molecule has 24 heavy (non-hydrogen) atoms. The molecule has 2 aromatic rings. The lowest BCUT2D eigenvalue weighted by Gasteiger charge is -2.41. The second-order valence-corrected chi connectivity index (χ2v) is 7.28. The molecule has 0 aliphatic carbocycles. The molecule has 0 radical (unpaired) electrons. The minimum Gasteiger partial charge on any atom is -0.494 e. The molecule has 0 saturated carbocycles. The Morgan fingerprint density at radius 1 is 1.33 bits per heavy atom. The third kappa shape index (κ3) is 2.61. The zero-order valence-corrected chi connectivity index (χ0v) is 14.8. The van der Waals surface area contributed by atoms with E-state index < -0.39 is 0 Å². The molecule has 1 amide bonds. The maximum atomic E-state index is 12.5. The fourth-order valence-electron chi connectivity index (χ4n) is 3.23. The first-order chi connectivity index (χ1) is 11.7. The van der Waals surface area contributed by atoms with Crippen LogP contribution in [-0.4, -0.2) is 62.3 Å². The van der Waals surface area contributed by atoms with Crippen molar-refractivity contribution in [3.05, 3.63) is 17.7 Å². The molecule has 0 N–H and O–H groups in total. The van der Waals surface area contributed by atoms with Crippen molar-refractivity contribution in [2.75, 3.05) is 51.4 Å². The Balaban J connectivity index is 1.48. The lowest BCUT2D eigenvalue weighted by atomic mass is 9.99. The summed E-state index contributed by atoms with van der Waals surface area (Å²) in [7, 11) is 1.67. The molecule has 7 heteroatoms. The summed E-state index contributed by atoms with van der Waals surface area (Å²) in [5.41, 5.74) is 2.12. The number of aromatic nitrogens is 1. The third-order valence-electron chi connectivity index (χ3n) is 4.74. The van der Waals surface area contributed by atoms with Gasteiger partial charge in [-0.15, -0.1) is 0 Å². The van der Waals surface area contributed by atoms with Crippen molar-refractivity contribution in [3.63, 3.8) is 0 Å². The van der Waals surface area contributed by atoms with Gasteiger partial charge in [-0.05, 0) is 18.6 Å². The number of fused-ring (bicyclic) bond motifs is 1. The number of carbonyl (C=O) groups excluding carboxylic acids is 1. The third-order valence-corrected chi connectivity index (χ3v) is 5.99. The van der Waals surface area contributed by atoms with E-state index >= 15 is 0 Å². The number of rotatable bonds is 3. The fraction of sp³-hybridized carbons (Fsp3) is 0.529. The first kappa shape index (κ1) is 15.7. The number of nitrogens with zero attached hydrogens (tertiary/aromatic N) is 3. The van der Waals surface area contributed by atoms with Gasteiger partial charge in [-0.1, -0.05) is 17.4 Å². The number of anilines is 1. The van der Waals surface area contributed by atoms with Crippen molar-refractivity contribution in [2.45, 2.75) is 6.92 Å². The normalized spacial score (nSPS) is 18.8. The summed E-state index contributed by atoms with van der Waals surface area (Å²) in [5.74, 6) is 1.14. The molecule has 1 aromatic carbocycles. The summed E-state index contributed by atoms with van der Waals surface area (Å²) in [6.45, 7) is 6.32. The van der Waals surface area contributed by atoms with Gasteiger partial charge < -0.3 is 19.3 Å². The number of hydrogen-bond acceptors (Lipinski definition) is 6. The van der Waals surface area contributed by atoms with Crippen LogP contribution in [-0.2, 0) is 9.53 Å². The fourth-order valence-corrected chi connectivity index (χ4v) is 4.30. The van der Waals surface area contributed by atoms with Crippen molar-refractivity contribution in [1.29, 1.82) is 0 Å². The minimum atomic E-state index is 0.0816. The highest BCUT2D eigenvalue weighted by molar-refractivity contribution is 7.22. The van der Waals surface area contributed by atoms with Crippen molar-refractivity contribution in [2.24, 2.45) is 5.92 Å². The number of benzene rings is 1. The van der Waals surface area contributed by atoms with E-state index in [2.05, 4.69) is 17.9 Å². The summed E-state index contributed by atoms with van der Waals surface area (Å²) in [5, 5.41) is 0.976. The number of methoxy groups -OCH3 is 1. The molecular formula is C17H21N3O3S. The van der Waals surface area contributed by atoms with Crippen LogP contribution in [0.15, 0.2) is 12.1 Å². The lowest BCUT2D eigenvalue weighted by Crippen LogP contribution is -2.56. The quantitative estimate of drug-likeness (QED) is 0.849. The van der Waals surface area contributed by atoms with Crippen LogP contribution in [0.4, 0.5) is 5.13 Å². The van der Waals surface area contributed by atoms with E-state index in [-0.39, 0.29) is 11.8 Å². The predicted molar refractivity (Wildman–Crippen MR) is 94.0 cm³/mol. The van der Waals surface area contributed by atoms with Gasteiger partial charge in [0, 0.05) is 26.2 Å². The molecule has 6 nitrogen and oxygen atoms in total. The Hall–Kier alpha value is -1.86. The van der Waals surface area contributed by atoms with E-state index in [0.717, 1.165) is 34.2 Å². The van der Waals surface area contributed by atoms with Crippen molar-refractivity contribution in [1.82, 2.24) is 9.88 Å². The number of ether oxygens (including phenoxy) is 2. The van der Waals surface area contributed by atoms with Gasteiger partial charge in [0.25, 0.3) is 0 Å². The number of carbonyl (C=O) groups is 1. The average molecular weight is 347 g/mol. The molecule has 2 aliphatic rings. The highest BCUT2D eigenvalue weighted by atomic mass is 32.1. The summed E-state index contributed by atoms with van der Waals surface area (Å²) < 4.78 is 11.9. The second-order valence-electron chi connectivity index (χ2n) is 6.30. The first-order valence-corrected chi connectivity index (χ1v) is 9.04. The first-order valence-electron chi connectivity index (χ1n) is 8.23. The summed E-state index contributed by atoms with van der Waals surface area (Å²) in [6, 6.07) is 4.02. The Morgan fingerprint density at radius 3 is 2.79 bits per heavy atom. The molecule has 2 aliphatic heterocycles. The lowest BCUT2D eigenvalue weighted by molar-refractivity contribution is -0.140. The number of aryl methyl sites for hydroxylation is 1. The van der Waals surface area contributed by atoms with Crippen LogP contribution in [0.1, 0.15) is 5.56 Å². The standard InChI is InChI=1S/C17H21N3O3S/c1-11-3-4-13(22-2)14-15(11)24-17(18-14)20-9-12(10-20)16(21)19-5-7-23-8-6-19/h3-4,12H,5-10H2,1-2H3. The highest BCUT2D eigenvalue weighted by Gasteiger charge is 2.37. The zero-order chi connectivity index (χ0) is 16.7. The molecule has 4 rings (SSSR count). The predicted octanol–water partition coefficient (Wildman–Crippen LogP) is 1.91. The van der Waals surface area contributed by atoms with Crippen LogP contribution >= 0.6 is 11.3 Å². The van der Waals surface area contributed by atoms with E-state index in [0.29, 0.717) is 26.3 Å². The van der Waals surface area contributed by atoms with E-state index in [1.807, 2.05) is 11.0 Å². The van der Waals surface area contributed by atoms with Gasteiger partial charge >= 0.3 is 0 Å². The van der Waals surface area contributed by atoms with E-state index in [1.54, 1.807) is 18.4 Å². The number of morpholine rings is 1. The van der Waals surface area contributed by atoms with Crippen LogP contribution in [0.3, 0.4) is 0 Å². The number of hydrogen-bond donors (Lipinski definition) is 0. The molecular weight excluding hydrogens is 326 g/mol. The van der Waals surface area contributed by atoms with Gasteiger partial charge in [-0.3, -0.25) is 4.79 Å². The summed E-state index contributed by atoms with van der Waals surface area (Å²) in [4.78, 5) is 21.4. The molecule has 128 valence electrons. The van der Waals surface area contributed by atoms with E-state index in [4.69, 9.17) is 14.5 Å². The second kappa shape index (κ2) is 6.22. The largest absolute Gasteiger partial charge is 0.494 e. The molecule has 2 fully saturated rings. The molecule has 3 heterocycles. The monoisotopic (exact) mass is 347 g/mol. The SMILES string of the molecule is COc1ccc(C)c2sc(N3CC(C(=O)N4CCOCC4)C3)nc12. The Labute approximate surface area is 145 Å². The van der Waals surface area contributed by atoms with Gasteiger partial charge in [0.05, 0.1) is 30.9 Å². The molecule has 0 unspecified atom stereocenters. The Bertz CT molecular complexity index is 764. The molecule has 2 saturated heterocycles. The summed E-state index contributed by atoms with van der Waals surface area (Å²) >= 11 is 1.68. The molecule has 1 aromatic heterocycles. The minimum absolute atomic E-state index is 0.0816. The van der Waals surface area contributed by atoms with Crippen LogP contribution in [0.5, 0.6) is 5.75 Å². The van der Waals surface area contributed by atoms with Crippen molar-refractivity contribution in [3.8, 4) is 5.75 Å². The van der Waals surface area contributed by atoms with Gasteiger partial charge in [-0.2, -0.15) is 0 Å². The average Bonchev–Trinajstić information content (AvgIpc) is 3.00. The highest BCUT2D eigenvalue weighted by Crippen LogP contribution is 2.38. The molecule has 0 atom stereocenters. The molecule has 0 bridgehead atoms. The van der Waals surface area contributed by atoms with Crippen LogP contribution in [0, 0.1) is 12.8 Å². The summed E-state index contributed by atoms with van der Waals surface area (Å²) in [6.07, 6.45) is 0. The van der Waals surface area contributed by atoms with Gasteiger partial charge in [0.15, 0.2) is 5.13 Å². The van der Waals surface area contributed by atoms with E-state index in [9.17, 15) is 4.79 Å². The number of amides is 1. The maximum Gasteiger partial charge on any atom is 0.229 e.